The van der Waals surface area contributed by atoms with E-state index in [1.54, 1.807) is 4.90 Å². The number of anilines is 1. The first-order chi connectivity index (χ1) is 14.6. The van der Waals surface area contributed by atoms with Crippen molar-refractivity contribution in [2.24, 2.45) is 0 Å². The van der Waals surface area contributed by atoms with Crippen LogP contribution in [0.1, 0.15) is 43.9 Å². The average molecular weight is 487 g/mol. The molecule has 0 radical (unpaired) electrons. The lowest BCUT2D eigenvalue weighted by Crippen LogP contribution is -2.62. The van der Waals surface area contributed by atoms with E-state index in [9.17, 15) is 9.59 Å². The van der Waals surface area contributed by atoms with Crippen molar-refractivity contribution < 1.29 is 19.1 Å². The molecule has 2 amide bonds. The van der Waals surface area contributed by atoms with Crippen LogP contribution in [0.5, 0.6) is 0 Å². The molecule has 6 nitrogen and oxygen atoms in total. The number of rotatable bonds is 4. The van der Waals surface area contributed by atoms with Crippen molar-refractivity contribution in [3.63, 3.8) is 0 Å². The maximum Gasteiger partial charge on any atom is 0.410 e. The van der Waals surface area contributed by atoms with Gasteiger partial charge in [-0.15, -0.1) is 0 Å². The maximum atomic E-state index is 13.0. The van der Waals surface area contributed by atoms with Crippen molar-refractivity contribution in [1.29, 1.82) is 0 Å². The second kappa shape index (κ2) is 8.28. The molecule has 164 valence electrons. The molecule has 0 atom stereocenters. The molecule has 1 saturated heterocycles. The summed E-state index contributed by atoms with van der Waals surface area (Å²) in [6, 6.07) is 13.8. The van der Waals surface area contributed by atoms with Gasteiger partial charge in [-0.25, -0.2) is 4.79 Å². The number of amides is 2. The first-order valence-electron chi connectivity index (χ1n) is 10.4. The molecule has 0 unspecified atom stereocenters. The topological polar surface area (TPSA) is 67.9 Å². The summed E-state index contributed by atoms with van der Waals surface area (Å²) in [5, 5.41) is 3.02. The fourth-order valence-electron chi connectivity index (χ4n) is 4.10. The van der Waals surface area contributed by atoms with Gasteiger partial charge in [0.25, 0.3) is 0 Å². The van der Waals surface area contributed by atoms with Crippen LogP contribution in [-0.4, -0.2) is 35.6 Å². The molecule has 0 saturated carbocycles. The number of hydrogen-bond donors (Lipinski definition) is 1. The van der Waals surface area contributed by atoms with E-state index in [0.29, 0.717) is 26.3 Å². The van der Waals surface area contributed by atoms with Crippen LogP contribution in [0.4, 0.5) is 10.5 Å². The zero-order valence-corrected chi connectivity index (χ0v) is 19.6. The van der Waals surface area contributed by atoms with Gasteiger partial charge in [-0.05, 0) is 61.7 Å². The van der Waals surface area contributed by atoms with Gasteiger partial charge >= 0.3 is 6.09 Å². The molecule has 2 aromatic carbocycles. The monoisotopic (exact) mass is 486 g/mol. The van der Waals surface area contributed by atoms with Crippen LogP contribution >= 0.6 is 15.9 Å². The normalized spacial score (nSPS) is 17.0. The van der Waals surface area contributed by atoms with E-state index in [1.807, 2.05) is 63.2 Å². The summed E-state index contributed by atoms with van der Waals surface area (Å²) < 4.78 is 11.9. The third-order valence-corrected chi connectivity index (χ3v) is 6.13. The Morgan fingerprint density at radius 3 is 2.45 bits per heavy atom. The SMILES string of the molecule is CC(C)(C)OC(=O)N1CC(CC(=O)Nc2ccc3c(c2)COC3)(c2ccc(Br)cc2)C1. The van der Waals surface area contributed by atoms with Crippen LogP contribution in [0.2, 0.25) is 0 Å². The molecule has 0 aromatic heterocycles. The fraction of sp³-hybridized carbons (Fsp3) is 0.417. The van der Waals surface area contributed by atoms with Crippen molar-refractivity contribution in [3.8, 4) is 0 Å². The van der Waals surface area contributed by atoms with Gasteiger partial charge in [0.05, 0.1) is 13.2 Å². The number of likely N-dealkylation sites (tertiary alicyclic amines) is 1. The highest BCUT2D eigenvalue weighted by Crippen LogP contribution is 2.39. The first kappa shape index (κ1) is 21.8. The molecule has 2 aliphatic heterocycles. The van der Waals surface area contributed by atoms with E-state index in [-0.39, 0.29) is 18.4 Å². The van der Waals surface area contributed by atoms with Gasteiger partial charge < -0.3 is 19.7 Å². The van der Waals surface area contributed by atoms with Crippen LogP contribution in [0, 0.1) is 0 Å². The molecule has 2 heterocycles. The third kappa shape index (κ3) is 4.93. The Morgan fingerprint density at radius 2 is 1.77 bits per heavy atom. The Morgan fingerprint density at radius 1 is 1.10 bits per heavy atom. The van der Waals surface area contributed by atoms with E-state index in [4.69, 9.17) is 9.47 Å². The number of fused-ring (bicyclic) bond motifs is 1. The van der Waals surface area contributed by atoms with Crippen molar-refractivity contribution in [1.82, 2.24) is 4.90 Å². The van der Waals surface area contributed by atoms with E-state index in [0.717, 1.165) is 26.9 Å². The summed E-state index contributed by atoms with van der Waals surface area (Å²) in [5.41, 5.74) is 3.08. The van der Waals surface area contributed by atoms with Gasteiger partial charge in [0.15, 0.2) is 0 Å². The standard InChI is InChI=1S/C24H27BrN2O4/c1-23(2,3)31-22(29)27-14-24(15-27,18-5-7-19(25)8-6-18)11-21(28)26-20-9-4-16-12-30-13-17(16)10-20/h4-10H,11-15H2,1-3H3,(H,26,28). The number of halogens is 1. The summed E-state index contributed by atoms with van der Waals surface area (Å²) in [6.45, 7) is 7.62. The maximum absolute atomic E-state index is 13.0. The second-order valence-corrected chi connectivity index (χ2v) is 10.2. The van der Waals surface area contributed by atoms with Gasteiger partial charge in [-0.3, -0.25) is 4.79 Å². The summed E-state index contributed by atoms with van der Waals surface area (Å²) in [5.74, 6) is -0.0781. The van der Waals surface area contributed by atoms with Gasteiger partial charge in [0.2, 0.25) is 5.91 Å². The van der Waals surface area contributed by atoms with Crippen molar-refractivity contribution in [3.05, 3.63) is 63.6 Å². The van der Waals surface area contributed by atoms with Gasteiger partial charge in [-0.2, -0.15) is 0 Å². The van der Waals surface area contributed by atoms with Crippen molar-refractivity contribution in [2.45, 2.75) is 51.4 Å². The van der Waals surface area contributed by atoms with Crippen molar-refractivity contribution in [2.75, 3.05) is 18.4 Å². The summed E-state index contributed by atoms with van der Waals surface area (Å²) >= 11 is 3.47. The highest BCUT2D eigenvalue weighted by Gasteiger charge is 2.49. The Hall–Kier alpha value is -2.38. The lowest BCUT2D eigenvalue weighted by atomic mass is 9.71. The lowest BCUT2D eigenvalue weighted by molar-refractivity contribution is -0.119. The molecule has 0 spiro atoms. The van der Waals surface area contributed by atoms with Crippen LogP contribution in [0.25, 0.3) is 0 Å². The molecule has 1 N–H and O–H groups in total. The largest absolute Gasteiger partial charge is 0.444 e. The number of nitrogens with one attached hydrogen (secondary N) is 1. The zero-order chi connectivity index (χ0) is 22.2. The smallest absolute Gasteiger partial charge is 0.410 e. The predicted molar refractivity (Wildman–Crippen MR) is 122 cm³/mol. The fourth-order valence-corrected chi connectivity index (χ4v) is 4.37. The number of nitrogens with zero attached hydrogens (tertiary/aromatic N) is 1. The minimum atomic E-state index is -0.554. The molecule has 7 heteroatoms. The highest BCUT2D eigenvalue weighted by molar-refractivity contribution is 9.10. The van der Waals surface area contributed by atoms with E-state index in [1.165, 1.54) is 0 Å². The molecule has 0 bridgehead atoms. The Labute approximate surface area is 191 Å². The van der Waals surface area contributed by atoms with Gasteiger partial charge in [0.1, 0.15) is 5.60 Å². The summed E-state index contributed by atoms with van der Waals surface area (Å²) in [7, 11) is 0. The quantitative estimate of drug-likeness (QED) is 0.660. The first-order valence-corrected chi connectivity index (χ1v) is 11.2. The average Bonchev–Trinajstić information content (AvgIpc) is 3.11. The summed E-state index contributed by atoms with van der Waals surface area (Å²) in [4.78, 5) is 27.1. The third-order valence-electron chi connectivity index (χ3n) is 5.60. The Kier molecular flexibility index (Phi) is 5.83. The predicted octanol–water partition coefficient (Wildman–Crippen LogP) is 5.00. The number of hydrogen-bond acceptors (Lipinski definition) is 4. The molecule has 1 fully saturated rings. The minimum absolute atomic E-state index is 0.0781. The zero-order valence-electron chi connectivity index (χ0n) is 18.0. The molecule has 2 aliphatic rings. The number of carbonyl (C=O) groups is 2. The van der Waals surface area contributed by atoms with E-state index < -0.39 is 11.0 Å². The minimum Gasteiger partial charge on any atom is -0.444 e. The Bertz CT molecular complexity index is 992. The molecule has 0 aliphatic carbocycles. The van der Waals surface area contributed by atoms with Gasteiger partial charge in [-0.1, -0.05) is 34.1 Å². The number of carbonyl (C=O) groups excluding carboxylic acids is 2. The van der Waals surface area contributed by atoms with E-state index in [2.05, 4.69) is 21.2 Å². The van der Waals surface area contributed by atoms with Crippen LogP contribution in [0.15, 0.2) is 46.9 Å². The summed E-state index contributed by atoms with van der Waals surface area (Å²) in [6.07, 6.45) is -0.0686. The molecular formula is C24H27BrN2O4. The number of ether oxygens (including phenoxy) is 2. The van der Waals surface area contributed by atoms with Gasteiger partial charge in [0, 0.05) is 35.1 Å². The van der Waals surface area contributed by atoms with Crippen molar-refractivity contribution >= 4 is 33.6 Å². The highest BCUT2D eigenvalue weighted by atomic mass is 79.9. The van der Waals surface area contributed by atoms with Crippen LogP contribution in [-0.2, 0) is 32.9 Å². The molecule has 2 aromatic rings. The van der Waals surface area contributed by atoms with Crippen LogP contribution < -0.4 is 5.32 Å². The molecule has 4 rings (SSSR count). The molecule has 31 heavy (non-hydrogen) atoms. The molecular weight excluding hydrogens is 460 g/mol. The Balaban J connectivity index is 1.48. The number of benzene rings is 2. The lowest BCUT2D eigenvalue weighted by Gasteiger charge is -2.50. The van der Waals surface area contributed by atoms with E-state index >= 15 is 0 Å². The van der Waals surface area contributed by atoms with Crippen LogP contribution in [0.3, 0.4) is 0 Å². The second-order valence-electron chi connectivity index (χ2n) is 9.32.